The van der Waals surface area contributed by atoms with E-state index in [-0.39, 0.29) is 18.4 Å². The topological polar surface area (TPSA) is 108 Å². The van der Waals surface area contributed by atoms with Gasteiger partial charge in [0.2, 0.25) is 12.3 Å². The first-order valence-corrected chi connectivity index (χ1v) is 14.7. The third kappa shape index (κ3) is 10.1. The molecule has 7 nitrogen and oxygen atoms in total. The molecule has 39 heavy (non-hydrogen) atoms. The van der Waals surface area contributed by atoms with Gasteiger partial charge in [0.1, 0.15) is 6.04 Å². The number of benzene rings is 2. The number of hydrogen-bond donors (Lipinski definition) is 4. The lowest BCUT2D eigenvalue weighted by Crippen LogP contribution is -2.45. The number of ether oxygens (including phenoxy) is 1. The number of carboxylic acid groups (broad SMARTS) is 1. The first kappa shape index (κ1) is 30.8. The van der Waals surface area contributed by atoms with Gasteiger partial charge in [-0.1, -0.05) is 100 Å². The number of carbonyl (C=O) groups excluding carboxylic acids is 1. The number of amides is 1. The van der Waals surface area contributed by atoms with E-state index in [1.54, 1.807) is 0 Å². The van der Waals surface area contributed by atoms with Crippen molar-refractivity contribution in [2.24, 2.45) is 0 Å². The van der Waals surface area contributed by atoms with Gasteiger partial charge in [0.15, 0.2) is 0 Å². The summed E-state index contributed by atoms with van der Waals surface area (Å²) < 4.78 is 5.68. The molecule has 0 aliphatic heterocycles. The van der Waals surface area contributed by atoms with Gasteiger partial charge in [-0.15, -0.1) is 0 Å². The molecule has 0 aromatic heterocycles. The maximum Gasteiger partial charge on any atom is 0.320 e. The Morgan fingerprint density at radius 1 is 0.846 bits per heavy atom. The Bertz CT molecular complexity index is 982. The molecule has 2 aromatic rings. The average Bonchev–Trinajstić information content (AvgIpc) is 3.26. The summed E-state index contributed by atoms with van der Waals surface area (Å²) in [6, 6.07) is 15.4. The number of aliphatic hydroxyl groups excluding tert-OH is 1. The third-order valence-electron chi connectivity index (χ3n) is 7.52. The predicted molar refractivity (Wildman–Crippen MR) is 154 cm³/mol. The SMILES string of the molecule is CCCCCCCCCCC(=O)NCCCCC(NC(O)OCC1c2ccccc2-c2ccccc21)C(=O)O. The van der Waals surface area contributed by atoms with Crippen molar-refractivity contribution in [3.05, 3.63) is 59.7 Å². The van der Waals surface area contributed by atoms with E-state index in [4.69, 9.17) is 4.74 Å². The first-order valence-electron chi connectivity index (χ1n) is 14.7. The van der Waals surface area contributed by atoms with Gasteiger partial charge in [-0.25, -0.2) is 0 Å². The highest BCUT2D eigenvalue weighted by atomic mass is 16.6. The minimum Gasteiger partial charge on any atom is -0.480 e. The van der Waals surface area contributed by atoms with E-state index in [1.807, 2.05) is 24.3 Å². The van der Waals surface area contributed by atoms with Gasteiger partial charge in [-0.2, -0.15) is 0 Å². The molecule has 1 aliphatic carbocycles. The molecule has 0 spiro atoms. The lowest BCUT2D eigenvalue weighted by atomic mass is 9.98. The molecule has 0 saturated carbocycles. The first-order chi connectivity index (χ1) is 19.0. The van der Waals surface area contributed by atoms with E-state index in [0.717, 1.165) is 35.1 Å². The van der Waals surface area contributed by atoms with E-state index in [0.29, 0.717) is 32.2 Å². The van der Waals surface area contributed by atoms with Crippen molar-refractivity contribution in [1.29, 1.82) is 0 Å². The number of rotatable bonds is 20. The van der Waals surface area contributed by atoms with Gasteiger partial charge in [-0.05, 0) is 47.9 Å². The largest absolute Gasteiger partial charge is 0.480 e. The van der Waals surface area contributed by atoms with Crippen LogP contribution in [-0.4, -0.2) is 47.7 Å². The third-order valence-corrected chi connectivity index (χ3v) is 7.52. The fourth-order valence-electron chi connectivity index (χ4n) is 5.33. The standard InChI is InChI=1S/C32H46N2O5/c1-2-3-4-5-6-7-8-9-21-30(35)33-22-15-14-20-29(31(36)37)34-32(38)39-23-28-26-18-12-10-16-24(26)25-17-11-13-19-27(25)28/h10-13,16-19,28-29,32,34,38H,2-9,14-15,20-23H2,1H3,(H,33,35)(H,36,37). The molecule has 2 aromatic carbocycles. The minimum absolute atomic E-state index is 0.0217. The molecule has 0 fully saturated rings. The number of nitrogens with one attached hydrogen (secondary N) is 2. The summed E-state index contributed by atoms with van der Waals surface area (Å²) in [4.78, 5) is 23.8. The fraction of sp³-hybridized carbons (Fsp3) is 0.562. The average molecular weight is 539 g/mol. The summed E-state index contributed by atoms with van der Waals surface area (Å²) in [5, 5.41) is 25.7. The Balaban J connectivity index is 1.30. The molecular formula is C32H46N2O5. The van der Waals surface area contributed by atoms with Crippen LogP contribution in [0.1, 0.15) is 101 Å². The van der Waals surface area contributed by atoms with Crippen LogP contribution < -0.4 is 10.6 Å². The van der Waals surface area contributed by atoms with Crippen LogP contribution in [0.25, 0.3) is 11.1 Å². The number of aliphatic hydroxyl groups is 1. The van der Waals surface area contributed by atoms with Crippen LogP contribution in [0.4, 0.5) is 0 Å². The summed E-state index contributed by atoms with van der Waals surface area (Å²) in [5.74, 6) is -0.993. The van der Waals surface area contributed by atoms with E-state index >= 15 is 0 Å². The second-order valence-electron chi connectivity index (χ2n) is 10.5. The van der Waals surface area contributed by atoms with Crippen molar-refractivity contribution in [3.63, 3.8) is 0 Å². The molecular weight excluding hydrogens is 492 g/mol. The molecule has 3 rings (SSSR count). The Labute approximate surface area is 233 Å². The van der Waals surface area contributed by atoms with Gasteiger partial charge in [0, 0.05) is 18.9 Å². The van der Waals surface area contributed by atoms with E-state index in [9.17, 15) is 19.8 Å². The monoisotopic (exact) mass is 538 g/mol. The predicted octanol–water partition coefficient (Wildman–Crippen LogP) is 5.95. The smallest absolute Gasteiger partial charge is 0.320 e. The molecule has 0 heterocycles. The normalized spacial score (nSPS) is 14.0. The summed E-state index contributed by atoms with van der Waals surface area (Å²) in [7, 11) is 0. The molecule has 7 heteroatoms. The summed E-state index contributed by atoms with van der Waals surface area (Å²) in [6.07, 6.45) is 10.4. The van der Waals surface area contributed by atoms with Crippen molar-refractivity contribution in [3.8, 4) is 11.1 Å². The molecule has 0 saturated heterocycles. The van der Waals surface area contributed by atoms with Crippen molar-refractivity contribution in [2.45, 2.75) is 102 Å². The second kappa shape index (κ2) is 17.1. The van der Waals surface area contributed by atoms with Gasteiger partial charge in [0.05, 0.1) is 6.61 Å². The molecule has 0 bridgehead atoms. The molecule has 2 atom stereocenters. The number of aliphatic carboxylic acids is 1. The van der Waals surface area contributed by atoms with E-state index < -0.39 is 18.4 Å². The van der Waals surface area contributed by atoms with Crippen molar-refractivity contribution >= 4 is 11.9 Å². The summed E-state index contributed by atoms with van der Waals surface area (Å²) in [6.45, 7) is 2.98. The molecule has 214 valence electrons. The Kier molecular flexibility index (Phi) is 13.5. The number of carboxylic acids is 1. The lowest BCUT2D eigenvalue weighted by molar-refractivity contribution is -0.152. The van der Waals surface area contributed by atoms with Crippen LogP contribution in [0, 0.1) is 0 Å². The van der Waals surface area contributed by atoms with Crippen LogP contribution >= 0.6 is 0 Å². The molecule has 2 unspecified atom stereocenters. The van der Waals surface area contributed by atoms with Gasteiger partial charge in [-0.3, -0.25) is 14.9 Å². The van der Waals surface area contributed by atoms with Crippen LogP contribution in [0.2, 0.25) is 0 Å². The number of unbranched alkanes of at least 4 members (excludes halogenated alkanes) is 8. The number of carbonyl (C=O) groups is 2. The zero-order valence-corrected chi connectivity index (χ0v) is 23.4. The van der Waals surface area contributed by atoms with Gasteiger partial charge in [0.25, 0.3) is 0 Å². The highest BCUT2D eigenvalue weighted by molar-refractivity contribution is 5.78. The maximum atomic E-state index is 12.0. The van der Waals surface area contributed by atoms with Crippen LogP contribution in [-0.2, 0) is 14.3 Å². The summed E-state index contributed by atoms with van der Waals surface area (Å²) in [5.41, 5.74) is 4.62. The maximum absolute atomic E-state index is 12.0. The highest BCUT2D eigenvalue weighted by Crippen LogP contribution is 2.44. The molecule has 1 aliphatic rings. The Morgan fingerprint density at radius 2 is 1.44 bits per heavy atom. The van der Waals surface area contributed by atoms with Crippen LogP contribution in [0.5, 0.6) is 0 Å². The quantitative estimate of drug-likeness (QED) is 0.123. The Hall–Kier alpha value is -2.74. The van der Waals surface area contributed by atoms with E-state index in [1.165, 1.54) is 38.5 Å². The fourth-order valence-corrected chi connectivity index (χ4v) is 5.33. The van der Waals surface area contributed by atoms with Gasteiger partial charge < -0.3 is 20.3 Å². The lowest BCUT2D eigenvalue weighted by Gasteiger charge is -2.22. The van der Waals surface area contributed by atoms with Crippen molar-refractivity contribution in [2.75, 3.05) is 13.2 Å². The molecule has 4 N–H and O–H groups in total. The highest BCUT2D eigenvalue weighted by Gasteiger charge is 2.29. The van der Waals surface area contributed by atoms with Gasteiger partial charge >= 0.3 is 5.97 Å². The van der Waals surface area contributed by atoms with Crippen LogP contribution in [0.15, 0.2) is 48.5 Å². The van der Waals surface area contributed by atoms with Crippen molar-refractivity contribution in [1.82, 2.24) is 10.6 Å². The minimum atomic E-state index is -1.39. The second-order valence-corrected chi connectivity index (χ2v) is 10.5. The Morgan fingerprint density at radius 3 is 2.05 bits per heavy atom. The molecule has 0 radical (unpaired) electrons. The van der Waals surface area contributed by atoms with Crippen LogP contribution in [0.3, 0.4) is 0 Å². The zero-order valence-electron chi connectivity index (χ0n) is 23.4. The number of fused-ring (bicyclic) bond motifs is 3. The van der Waals surface area contributed by atoms with E-state index in [2.05, 4.69) is 41.8 Å². The summed E-state index contributed by atoms with van der Waals surface area (Å²) >= 11 is 0. The molecule has 1 amide bonds. The number of hydrogen-bond acceptors (Lipinski definition) is 5. The zero-order chi connectivity index (χ0) is 27.9. The van der Waals surface area contributed by atoms with Crippen molar-refractivity contribution < 1.29 is 24.5 Å².